The smallest absolute Gasteiger partial charge is 0.0699 e. The van der Waals surface area contributed by atoms with E-state index in [1.165, 1.54) is 0 Å². The summed E-state index contributed by atoms with van der Waals surface area (Å²) in [5.41, 5.74) is 8.40. The number of hydrogen-bond acceptors (Lipinski definition) is 2. The van der Waals surface area contributed by atoms with Crippen molar-refractivity contribution < 1.29 is 0 Å². The molecule has 2 N–H and O–H groups in total. The molecule has 3 nitrogen and oxygen atoms in total. The van der Waals surface area contributed by atoms with Crippen LogP contribution < -0.4 is 5.73 Å². The van der Waals surface area contributed by atoms with E-state index in [4.69, 9.17) is 17.3 Å². The van der Waals surface area contributed by atoms with Crippen molar-refractivity contribution in [3.63, 3.8) is 0 Å². The molecule has 0 aliphatic heterocycles. The van der Waals surface area contributed by atoms with Gasteiger partial charge in [0.15, 0.2) is 0 Å². The summed E-state index contributed by atoms with van der Waals surface area (Å²) in [6, 6.07) is 7.93. The van der Waals surface area contributed by atoms with Crippen molar-refractivity contribution in [2.24, 2.45) is 5.73 Å². The summed E-state index contributed by atoms with van der Waals surface area (Å²) in [7, 11) is 0. The van der Waals surface area contributed by atoms with Gasteiger partial charge in [-0.3, -0.25) is 4.68 Å². The van der Waals surface area contributed by atoms with E-state index in [0.29, 0.717) is 6.42 Å². The molecule has 1 unspecified atom stereocenters. The maximum atomic E-state index is 6.33. The van der Waals surface area contributed by atoms with Crippen LogP contribution in [0.1, 0.15) is 37.2 Å². The Morgan fingerprint density at radius 2 is 2.05 bits per heavy atom. The first-order chi connectivity index (χ1) is 9.00. The van der Waals surface area contributed by atoms with Crippen LogP contribution in [0.25, 0.3) is 0 Å². The van der Waals surface area contributed by atoms with E-state index >= 15 is 0 Å². The number of halogens is 2. The Hall–Kier alpha value is -0.840. The molecule has 1 heterocycles. The lowest BCUT2D eigenvalue weighted by Gasteiger charge is -2.18. The number of nitrogens with two attached hydrogens (primary N) is 1. The molecule has 0 spiro atoms. The van der Waals surface area contributed by atoms with E-state index in [-0.39, 0.29) is 12.1 Å². The van der Waals surface area contributed by atoms with Crippen LogP contribution in [0.3, 0.4) is 0 Å². The predicted octanol–water partition coefficient (Wildman–Crippen LogP) is 4.12. The van der Waals surface area contributed by atoms with Crippen LogP contribution in [0.2, 0.25) is 5.02 Å². The number of nitrogens with zero attached hydrogens (tertiary/aromatic N) is 2. The first kappa shape index (κ1) is 14.6. The normalized spacial score (nSPS) is 12.9. The summed E-state index contributed by atoms with van der Waals surface area (Å²) in [6.45, 7) is 4.18. The molecule has 0 aliphatic carbocycles. The van der Waals surface area contributed by atoms with E-state index in [1.807, 2.05) is 28.9 Å². The van der Waals surface area contributed by atoms with Crippen molar-refractivity contribution in [2.75, 3.05) is 0 Å². The average Bonchev–Trinajstić information content (AvgIpc) is 2.74. The standard InChI is InChI=1S/C14H17BrClN3/c1-9(2)19-14(11(15)8-18-19)13(17)7-10-5-3-4-6-12(10)16/h3-6,8-9,13H,7,17H2,1-2H3. The van der Waals surface area contributed by atoms with E-state index in [0.717, 1.165) is 20.8 Å². The zero-order valence-electron chi connectivity index (χ0n) is 11.0. The second kappa shape index (κ2) is 6.07. The zero-order chi connectivity index (χ0) is 14.0. The van der Waals surface area contributed by atoms with Gasteiger partial charge < -0.3 is 5.73 Å². The highest BCUT2D eigenvalue weighted by Crippen LogP contribution is 2.28. The Morgan fingerprint density at radius 1 is 1.37 bits per heavy atom. The largest absolute Gasteiger partial charge is 0.322 e. The predicted molar refractivity (Wildman–Crippen MR) is 82.4 cm³/mol. The number of benzene rings is 1. The third-order valence-corrected chi connectivity index (χ3v) is 4.00. The van der Waals surface area contributed by atoms with Gasteiger partial charge in [0.1, 0.15) is 0 Å². The molecule has 2 rings (SSSR count). The molecule has 0 saturated heterocycles. The van der Waals surface area contributed by atoms with Crippen LogP contribution in [0.4, 0.5) is 0 Å². The Balaban J connectivity index is 2.28. The minimum Gasteiger partial charge on any atom is -0.322 e. The van der Waals surface area contributed by atoms with Gasteiger partial charge >= 0.3 is 0 Å². The average molecular weight is 343 g/mol. The lowest BCUT2D eigenvalue weighted by Crippen LogP contribution is -2.20. The second-order valence-electron chi connectivity index (χ2n) is 4.82. The van der Waals surface area contributed by atoms with Gasteiger partial charge in [0.2, 0.25) is 0 Å². The fraction of sp³-hybridized carbons (Fsp3) is 0.357. The maximum Gasteiger partial charge on any atom is 0.0699 e. The molecule has 0 aliphatic rings. The van der Waals surface area contributed by atoms with Crippen molar-refractivity contribution in [1.29, 1.82) is 0 Å². The highest BCUT2D eigenvalue weighted by atomic mass is 79.9. The number of rotatable bonds is 4. The quantitative estimate of drug-likeness (QED) is 0.908. The summed E-state index contributed by atoms with van der Waals surface area (Å²) >= 11 is 9.70. The number of aromatic nitrogens is 2. The Morgan fingerprint density at radius 3 is 2.68 bits per heavy atom. The molecule has 1 aromatic carbocycles. The minimum atomic E-state index is -0.140. The minimum absolute atomic E-state index is 0.140. The van der Waals surface area contributed by atoms with Crippen molar-refractivity contribution in [3.8, 4) is 0 Å². The van der Waals surface area contributed by atoms with Gasteiger partial charge in [-0.15, -0.1) is 0 Å². The Kier molecular flexibility index (Phi) is 4.66. The van der Waals surface area contributed by atoms with Gasteiger partial charge in [0.05, 0.1) is 22.4 Å². The number of hydrogen-bond donors (Lipinski definition) is 1. The summed E-state index contributed by atoms with van der Waals surface area (Å²) in [5, 5.41) is 5.11. The zero-order valence-corrected chi connectivity index (χ0v) is 13.3. The third-order valence-electron chi connectivity index (χ3n) is 3.03. The van der Waals surface area contributed by atoms with Gasteiger partial charge in [-0.1, -0.05) is 29.8 Å². The second-order valence-corrected chi connectivity index (χ2v) is 6.08. The molecule has 1 atom stereocenters. The van der Waals surface area contributed by atoms with Crippen LogP contribution >= 0.6 is 27.5 Å². The molecule has 5 heteroatoms. The highest BCUT2D eigenvalue weighted by molar-refractivity contribution is 9.10. The molecule has 2 aromatic rings. The van der Waals surface area contributed by atoms with Gasteiger partial charge in [-0.2, -0.15) is 5.10 Å². The summed E-state index contributed by atoms with van der Waals surface area (Å²) < 4.78 is 2.90. The summed E-state index contributed by atoms with van der Waals surface area (Å²) in [5.74, 6) is 0. The molecule has 19 heavy (non-hydrogen) atoms. The van der Waals surface area contributed by atoms with E-state index < -0.39 is 0 Å². The fourth-order valence-electron chi connectivity index (χ4n) is 2.11. The first-order valence-corrected chi connectivity index (χ1v) is 7.39. The highest BCUT2D eigenvalue weighted by Gasteiger charge is 2.19. The SMILES string of the molecule is CC(C)n1ncc(Br)c1C(N)Cc1ccccc1Cl. The van der Waals surface area contributed by atoms with Crippen molar-refractivity contribution in [1.82, 2.24) is 9.78 Å². The van der Waals surface area contributed by atoms with E-state index in [9.17, 15) is 0 Å². The lowest BCUT2D eigenvalue weighted by atomic mass is 10.0. The van der Waals surface area contributed by atoms with Crippen LogP contribution in [-0.4, -0.2) is 9.78 Å². The van der Waals surface area contributed by atoms with Gasteiger partial charge in [0.25, 0.3) is 0 Å². The van der Waals surface area contributed by atoms with Crippen molar-refractivity contribution >= 4 is 27.5 Å². The van der Waals surface area contributed by atoms with E-state index in [1.54, 1.807) is 6.20 Å². The van der Waals surface area contributed by atoms with Crippen LogP contribution in [-0.2, 0) is 6.42 Å². The molecule has 0 saturated carbocycles. The van der Waals surface area contributed by atoms with Crippen LogP contribution in [0.15, 0.2) is 34.9 Å². The topological polar surface area (TPSA) is 43.8 Å². The molecule has 0 fully saturated rings. The Bertz CT molecular complexity index is 566. The van der Waals surface area contributed by atoms with Crippen LogP contribution in [0.5, 0.6) is 0 Å². The molecule has 0 amide bonds. The molecular formula is C14H17BrClN3. The van der Waals surface area contributed by atoms with Crippen molar-refractivity contribution in [3.05, 3.63) is 51.2 Å². The Labute approximate surface area is 126 Å². The van der Waals surface area contributed by atoms with Gasteiger partial charge in [0, 0.05) is 11.1 Å². The molecule has 102 valence electrons. The van der Waals surface area contributed by atoms with Gasteiger partial charge in [-0.25, -0.2) is 0 Å². The van der Waals surface area contributed by atoms with Crippen LogP contribution in [0, 0.1) is 0 Å². The lowest BCUT2D eigenvalue weighted by molar-refractivity contribution is 0.484. The fourth-order valence-corrected chi connectivity index (χ4v) is 2.89. The molecular weight excluding hydrogens is 326 g/mol. The monoisotopic (exact) mass is 341 g/mol. The van der Waals surface area contributed by atoms with E-state index in [2.05, 4.69) is 34.9 Å². The molecule has 0 bridgehead atoms. The third kappa shape index (κ3) is 3.19. The van der Waals surface area contributed by atoms with Gasteiger partial charge in [-0.05, 0) is 47.8 Å². The molecule has 0 radical (unpaired) electrons. The first-order valence-electron chi connectivity index (χ1n) is 6.22. The van der Waals surface area contributed by atoms with Crippen molar-refractivity contribution in [2.45, 2.75) is 32.4 Å². The maximum absolute atomic E-state index is 6.33. The molecule has 1 aromatic heterocycles. The summed E-state index contributed by atoms with van der Waals surface area (Å²) in [4.78, 5) is 0. The summed E-state index contributed by atoms with van der Waals surface area (Å²) in [6.07, 6.45) is 2.48.